The molecular weight excluding hydrogens is 333 g/mol. The summed E-state index contributed by atoms with van der Waals surface area (Å²) in [7, 11) is 0. The predicted octanol–water partition coefficient (Wildman–Crippen LogP) is 0.874. The molecule has 0 heterocycles. The molecule has 0 bridgehead atoms. The summed E-state index contributed by atoms with van der Waals surface area (Å²) < 4.78 is 13.9. The molecule has 1 aromatic rings. The van der Waals surface area contributed by atoms with Crippen LogP contribution in [0.4, 0.5) is 4.39 Å². The smallest absolute Gasteiger partial charge is 0.327 e. The molecule has 0 spiro atoms. The molecule has 0 radical (unpaired) electrons. The maximum Gasteiger partial charge on any atom is 0.327 e. The number of halogens is 2. The van der Waals surface area contributed by atoms with Gasteiger partial charge in [0.1, 0.15) is 5.82 Å². The Hall–Kier alpha value is -1.96. The second-order valence-corrected chi connectivity index (χ2v) is 5.08. The minimum absolute atomic E-state index is 0.216. The largest absolute Gasteiger partial charge is 0.346 e. The topological polar surface area (TPSA) is 87.3 Å². The first-order valence-electron chi connectivity index (χ1n) is 5.67. The van der Waals surface area contributed by atoms with E-state index in [0.29, 0.717) is 4.47 Å². The number of hydrogen-bond acceptors (Lipinski definition) is 3. The van der Waals surface area contributed by atoms with Crippen molar-refractivity contribution >= 4 is 33.7 Å². The summed E-state index contributed by atoms with van der Waals surface area (Å²) >= 11 is 3.10. The summed E-state index contributed by atoms with van der Waals surface area (Å²) in [6.45, 7) is 3.36. The van der Waals surface area contributed by atoms with Crippen LogP contribution in [0.15, 0.2) is 22.7 Å². The fourth-order valence-corrected chi connectivity index (χ4v) is 1.60. The molecule has 0 saturated carbocycles. The monoisotopic (exact) mass is 345 g/mol. The average Bonchev–Trinajstić information content (AvgIpc) is 2.37. The van der Waals surface area contributed by atoms with Gasteiger partial charge in [0.15, 0.2) is 0 Å². The van der Waals surface area contributed by atoms with Crippen molar-refractivity contribution in [3.8, 4) is 0 Å². The lowest BCUT2D eigenvalue weighted by molar-refractivity contribution is -0.139. The Labute approximate surface area is 123 Å². The van der Waals surface area contributed by atoms with Crippen LogP contribution >= 0.6 is 15.9 Å². The van der Waals surface area contributed by atoms with E-state index in [4.69, 9.17) is 0 Å². The zero-order valence-corrected chi connectivity index (χ0v) is 12.4. The Balaban J connectivity index is 2.61. The zero-order chi connectivity index (χ0) is 15.3. The maximum absolute atomic E-state index is 13.4. The molecule has 3 N–H and O–H groups in total. The zero-order valence-electron chi connectivity index (χ0n) is 10.8. The molecule has 8 heteroatoms. The first kappa shape index (κ1) is 16.1. The Kier molecular flexibility index (Phi) is 5.63. The van der Waals surface area contributed by atoms with Crippen LogP contribution in [0.2, 0.25) is 0 Å². The van der Waals surface area contributed by atoms with E-state index in [2.05, 4.69) is 21.2 Å². The van der Waals surface area contributed by atoms with Crippen molar-refractivity contribution in [3.05, 3.63) is 34.1 Å². The molecule has 108 valence electrons. The van der Waals surface area contributed by atoms with Gasteiger partial charge in [-0.3, -0.25) is 25.2 Å². The van der Waals surface area contributed by atoms with E-state index >= 15 is 0 Å². The fraction of sp³-hybridized carbons (Fsp3) is 0.250. The van der Waals surface area contributed by atoms with Crippen LogP contribution in [0.25, 0.3) is 0 Å². The summed E-state index contributed by atoms with van der Waals surface area (Å²) in [6.07, 6.45) is 0. The molecule has 0 aliphatic heterocycles. The Morgan fingerprint density at radius 2 is 1.80 bits per heavy atom. The van der Waals surface area contributed by atoms with Gasteiger partial charge in [-0.1, -0.05) is 15.9 Å². The number of hydrazine groups is 1. The van der Waals surface area contributed by atoms with Gasteiger partial charge >= 0.3 is 11.8 Å². The van der Waals surface area contributed by atoms with Crippen LogP contribution in [0.5, 0.6) is 0 Å². The lowest BCUT2D eigenvalue weighted by Crippen LogP contribution is -2.49. The third kappa shape index (κ3) is 4.61. The molecule has 0 aromatic heterocycles. The predicted molar refractivity (Wildman–Crippen MR) is 73.0 cm³/mol. The van der Waals surface area contributed by atoms with Crippen molar-refractivity contribution in [3.63, 3.8) is 0 Å². The van der Waals surface area contributed by atoms with E-state index in [9.17, 15) is 18.8 Å². The summed E-state index contributed by atoms with van der Waals surface area (Å²) in [5.41, 5.74) is 3.60. The number of nitrogens with one attached hydrogen (secondary N) is 3. The number of rotatable bonds is 2. The number of benzene rings is 1. The molecule has 3 amide bonds. The quantitative estimate of drug-likeness (QED) is 0.549. The van der Waals surface area contributed by atoms with Crippen LogP contribution in [0, 0.1) is 5.82 Å². The second-order valence-electron chi connectivity index (χ2n) is 4.16. The normalized spacial score (nSPS) is 10.1. The summed E-state index contributed by atoms with van der Waals surface area (Å²) in [4.78, 5) is 34.2. The highest BCUT2D eigenvalue weighted by Gasteiger charge is 2.17. The third-order valence-electron chi connectivity index (χ3n) is 2.09. The van der Waals surface area contributed by atoms with Crippen LogP contribution < -0.4 is 16.2 Å². The van der Waals surface area contributed by atoms with Crippen molar-refractivity contribution < 1.29 is 18.8 Å². The van der Waals surface area contributed by atoms with Crippen molar-refractivity contribution in [2.24, 2.45) is 0 Å². The lowest BCUT2D eigenvalue weighted by atomic mass is 10.2. The molecule has 20 heavy (non-hydrogen) atoms. The average molecular weight is 346 g/mol. The van der Waals surface area contributed by atoms with Gasteiger partial charge in [-0.25, -0.2) is 4.39 Å². The van der Waals surface area contributed by atoms with Crippen LogP contribution in [0.1, 0.15) is 24.2 Å². The van der Waals surface area contributed by atoms with Gasteiger partial charge in [0.25, 0.3) is 5.91 Å². The van der Waals surface area contributed by atoms with Gasteiger partial charge in [0.2, 0.25) is 0 Å². The van der Waals surface area contributed by atoms with Crippen LogP contribution in [-0.2, 0) is 9.59 Å². The molecule has 0 aliphatic rings. The lowest BCUT2D eigenvalue weighted by Gasteiger charge is -2.10. The highest BCUT2D eigenvalue weighted by Crippen LogP contribution is 2.15. The Bertz CT molecular complexity index is 549. The summed E-state index contributed by atoms with van der Waals surface area (Å²) in [5, 5.41) is 2.34. The molecule has 0 unspecified atom stereocenters. The molecule has 6 nitrogen and oxygen atoms in total. The number of carbonyl (C=O) groups is 3. The minimum atomic E-state index is -1.04. The SMILES string of the molecule is CC(C)NC(=O)C(=O)NNC(=O)c1cc(Br)ccc1F. The van der Waals surface area contributed by atoms with E-state index in [1.165, 1.54) is 12.1 Å². The van der Waals surface area contributed by atoms with Crippen molar-refractivity contribution in [2.75, 3.05) is 0 Å². The van der Waals surface area contributed by atoms with E-state index in [1.54, 1.807) is 13.8 Å². The maximum atomic E-state index is 13.4. The first-order valence-corrected chi connectivity index (χ1v) is 6.46. The molecule has 1 rings (SSSR count). The van der Waals surface area contributed by atoms with Crippen LogP contribution in [0.3, 0.4) is 0 Å². The van der Waals surface area contributed by atoms with Gasteiger partial charge in [0, 0.05) is 10.5 Å². The standard InChI is InChI=1S/C12H13BrFN3O3/c1-6(2)15-11(19)12(20)17-16-10(18)8-5-7(13)3-4-9(8)14/h3-6H,1-2H3,(H,15,19)(H,16,18)(H,17,20). The van der Waals surface area contributed by atoms with Gasteiger partial charge in [-0.05, 0) is 32.0 Å². The van der Waals surface area contributed by atoms with E-state index in [1.807, 2.05) is 10.9 Å². The highest BCUT2D eigenvalue weighted by atomic mass is 79.9. The van der Waals surface area contributed by atoms with Gasteiger partial charge in [0.05, 0.1) is 5.56 Å². The second kappa shape index (κ2) is 6.99. The molecule has 0 atom stereocenters. The molecule has 0 saturated heterocycles. The number of hydrogen-bond donors (Lipinski definition) is 3. The number of carbonyl (C=O) groups excluding carboxylic acids is 3. The minimum Gasteiger partial charge on any atom is -0.346 e. The van der Waals surface area contributed by atoms with E-state index in [0.717, 1.165) is 6.07 Å². The summed E-state index contributed by atoms with van der Waals surface area (Å²) in [5.74, 6) is -3.54. The highest BCUT2D eigenvalue weighted by molar-refractivity contribution is 9.10. The van der Waals surface area contributed by atoms with Gasteiger partial charge in [-0.15, -0.1) is 0 Å². The molecule has 0 fully saturated rings. The van der Waals surface area contributed by atoms with Crippen molar-refractivity contribution in [1.82, 2.24) is 16.2 Å². The first-order chi connectivity index (χ1) is 9.31. The Morgan fingerprint density at radius 1 is 1.15 bits per heavy atom. The molecule has 0 aliphatic carbocycles. The van der Waals surface area contributed by atoms with Crippen molar-refractivity contribution in [1.29, 1.82) is 0 Å². The molecule has 1 aromatic carbocycles. The molecular formula is C12H13BrFN3O3. The van der Waals surface area contributed by atoms with Crippen LogP contribution in [-0.4, -0.2) is 23.8 Å². The van der Waals surface area contributed by atoms with Crippen molar-refractivity contribution in [2.45, 2.75) is 19.9 Å². The Morgan fingerprint density at radius 3 is 2.40 bits per heavy atom. The number of amides is 3. The summed E-state index contributed by atoms with van der Waals surface area (Å²) in [6, 6.07) is 3.57. The fourth-order valence-electron chi connectivity index (χ4n) is 1.24. The van der Waals surface area contributed by atoms with E-state index < -0.39 is 23.5 Å². The van der Waals surface area contributed by atoms with E-state index in [-0.39, 0.29) is 11.6 Å². The third-order valence-corrected chi connectivity index (χ3v) is 2.58. The van der Waals surface area contributed by atoms with Gasteiger partial charge in [-0.2, -0.15) is 0 Å². The van der Waals surface area contributed by atoms with Gasteiger partial charge < -0.3 is 5.32 Å².